The number of carbonyl (C=O) groups is 2. The van der Waals surface area contributed by atoms with Crippen LogP contribution in [0.4, 0.5) is 5.69 Å². The van der Waals surface area contributed by atoms with Gasteiger partial charge in [-0.1, -0.05) is 50.2 Å². The standard InChI is InChI=1S/C22H26N2O2/c1-15(2)17-8-10-20(11-9-17)24-14-19(12-21(24)25)22(26)23-13-18-7-5-4-6-16(18)3/h4-11,15,19H,12-14H2,1-3H3,(H,23,26). The van der Waals surface area contributed by atoms with Gasteiger partial charge in [0.25, 0.3) is 0 Å². The predicted octanol–water partition coefficient (Wildman–Crippen LogP) is 3.79. The van der Waals surface area contributed by atoms with Crippen LogP contribution in [0, 0.1) is 12.8 Å². The summed E-state index contributed by atoms with van der Waals surface area (Å²) >= 11 is 0. The van der Waals surface area contributed by atoms with E-state index in [0.29, 0.717) is 19.0 Å². The number of rotatable bonds is 5. The van der Waals surface area contributed by atoms with E-state index < -0.39 is 0 Å². The lowest BCUT2D eigenvalue weighted by Gasteiger charge is -2.18. The molecule has 136 valence electrons. The molecule has 0 aliphatic carbocycles. The van der Waals surface area contributed by atoms with Crippen molar-refractivity contribution in [2.24, 2.45) is 5.92 Å². The summed E-state index contributed by atoms with van der Waals surface area (Å²) in [5.41, 5.74) is 4.37. The largest absolute Gasteiger partial charge is 0.352 e. The Kier molecular flexibility index (Phi) is 5.40. The second kappa shape index (κ2) is 7.73. The molecule has 2 aromatic carbocycles. The van der Waals surface area contributed by atoms with Crippen LogP contribution >= 0.6 is 0 Å². The lowest BCUT2D eigenvalue weighted by molar-refractivity contribution is -0.126. The molecule has 1 heterocycles. The van der Waals surface area contributed by atoms with Gasteiger partial charge in [-0.25, -0.2) is 0 Å². The van der Waals surface area contributed by atoms with Crippen LogP contribution in [0.5, 0.6) is 0 Å². The first-order valence-corrected chi connectivity index (χ1v) is 9.18. The highest BCUT2D eigenvalue weighted by Gasteiger charge is 2.35. The SMILES string of the molecule is Cc1ccccc1CNC(=O)C1CC(=O)N(c2ccc(C(C)C)cc2)C1. The van der Waals surface area contributed by atoms with Crippen molar-refractivity contribution in [3.05, 3.63) is 65.2 Å². The Morgan fingerprint density at radius 2 is 1.85 bits per heavy atom. The molecule has 0 spiro atoms. The number of carbonyl (C=O) groups excluding carboxylic acids is 2. The number of anilines is 1. The molecule has 1 N–H and O–H groups in total. The number of aryl methyl sites for hydroxylation is 1. The third-order valence-electron chi connectivity index (χ3n) is 5.08. The molecule has 0 bridgehead atoms. The van der Waals surface area contributed by atoms with Crippen LogP contribution in [0.3, 0.4) is 0 Å². The minimum Gasteiger partial charge on any atom is -0.352 e. The molecular weight excluding hydrogens is 324 g/mol. The molecule has 1 atom stereocenters. The molecule has 4 heteroatoms. The minimum atomic E-state index is -0.295. The van der Waals surface area contributed by atoms with E-state index in [2.05, 4.69) is 31.3 Å². The summed E-state index contributed by atoms with van der Waals surface area (Å²) in [6.07, 6.45) is 0.269. The quantitative estimate of drug-likeness (QED) is 0.892. The van der Waals surface area contributed by atoms with Gasteiger partial charge in [-0.05, 0) is 41.7 Å². The summed E-state index contributed by atoms with van der Waals surface area (Å²) in [4.78, 5) is 26.6. The van der Waals surface area contributed by atoms with Crippen molar-refractivity contribution in [2.75, 3.05) is 11.4 Å². The van der Waals surface area contributed by atoms with Crippen LogP contribution in [-0.4, -0.2) is 18.4 Å². The second-order valence-corrected chi connectivity index (χ2v) is 7.30. The molecule has 0 radical (unpaired) electrons. The Morgan fingerprint density at radius 1 is 1.15 bits per heavy atom. The molecule has 1 fully saturated rings. The van der Waals surface area contributed by atoms with Crippen LogP contribution < -0.4 is 10.2 Å². The maximum atomic E-state index is 12.5. The van der Waals surface area contributed by atoms with E-state index in [1.807, 2.05) is 43.3 Å². The average molecular weight is 350 g/mol. The summed E-state index contributed by atoms with van der Waals surface area (Å²) in [6, 6.07) is 16.1. The molecule has 0 saturated carbocycles. The molecular formula is C22H26N2O2. The van der Waals surface area contributed by atoms with Gasteiger partial charge in [0.1, 0.15) is 0 Å². The van der Waals surface area contributed by atoms with E-state index in [0.717, 1.165) is 16.8 Å². The lowest BCUT2D eigenvalue weighted by Crippen LogP contribution is -2.32. The topological polar surface area (TPSA) is 49.4 Å². The van der Waals surface area contributed by atoms with E-state index in [4.69, 9.17) is 0 Å². The van der Waals surface area contributed by atoms with Gasteiger partial charge in [-0.15, -0.1) is 0 Å². The highest BCUT2D eigenvalue weighted by molar-refractivity contribution is 6.00. The van der Waals surface area contributed by atoms with Gasteiger partial charge in [0.05, 0.1) is 5.92 Å². The Bertz CT molecular complexity index is 796. The van der Waals surface area contributed by atoms with Crippen LogP contribution in [-0.2, 0) is 16.1 Å². The Morgan fingerprint density at radius 3 is 2.50 bits per heavy atom. The molecule has 1 aliphatic heterocycles. The summed E-state index contributed by atoms with van der Waals surface area (Å²) in [5.74, 6) is 0.121. The molecule has 1 aliphatic rings. The van der Waals surface area contributed by atoms with Crippen LogP contribution in [0.25, 0.3) is 0 Å². The molecule has 4 nitrogen and oxygen atoms in total. The van der Waals surface area contributed by atoms with Crippen molar-refractivity contribution in [1.82, 2.24) is 5.32 Å². The van der Waals surface area contributed by atoms with Crippen molar-refractivity contribution in [1.29, 1.82) is 0 Å². The third kappa shape index (κ3) is 3.96. The first-order chi connectivity index (χ1) is 12.5. The number of amides is 2. The predicted molar refractivity (Wildman–Crippen MR) is 104 cm³/mol. The van der Waals surface area contributed by atoms with Crippen molar-refractivity contribution in [3.8, 4) is 0 Å². The van der Waals surface area contributed by atoms with Gasteiger partial charge in [0, 0.05) is 25.2 Å². The maximum absolute atomic E-state index is 12.5. The fourth-order valence-electron chi connectivity index (χ4n) is 3.31. The number of hydrogen-bond donors (Lipinski definition) is 1. The van der Waals surface area contributed by atoms with Crippen molar-refractivity contribution < 1.29 is 9.59 Å². The second-order valence-electron chi connectivity index (χ2n) is 7.30. The van der Waals surface area contributed by atoms with E-state index in [1.165, 1.54) is 5.56 Å². The monoisotopic (exact) mass is 350 g/mol. The number of nitrogens with one attached hydrogen (secondary N) is 1. The van der Waals surface area contributed by atoms with Gasteiger partial charge in [0.15, 0.2) is 0 Å². The van der Waals surface area contributed by atoms with Crippen molar-refractivity contribution in [2.45, 2.75) is 39.7 Å². The van der Waals surface area contributed by atoms with Gasteiger partial charge in [-0.3, -0.25) is 9.59 Å². The Balaban J connectivity index is 1.61. The summed E-state index contributed by atoms with van der Waals surface area (Å²) < 4.78 is 0. The molecule has 1 unspecified atom stereocenters. The first-order valence-electron chi connectivity index (χ1n) is 9.18. The van der Waals surface area contributed by atoms with E-state index in [9.17, 15) is 9.59 Å². The highest BCUT2D eigenvalue weighted by Crippen LogP contribution is 2.27. The van der Waals surface area contributed by atoms with Crippen molar-refractivity contribution in [3.63, 3.8) is 0 Å². The summed E-state index contributed by atoms with van der Waals surface area (Å²) in [5, 5.41) is 2.98. The zero-order chi connectivity index (χ0) is 18.7. The lowest BCUT2D eigenvalue weighted by atomic mass is 10.0. The molecule has 26 heavy (non-hydrogen) atoms. The first kappa shape index (κ1) is 18.2. The molecule has 0 aromatic heterocycles. The number of benzene rings is 2. The zero-order valence-electron chi connectivity index (χ0n) is 15.7. The van der Waals surface area contributed by atoms with Gasteiger partial charge < -0.3 is 10.2 Å². The highest BCUT2D eigenvalue weighted by atomic mass is 16.2. The van der Waals surface area contributed by atoms with Gasteiger partial charge in [-0.2, -0.15) is 0 Å². The van der Waals surface area contributed by atoms with Crippen molar-refractivity contribution >= 4 is 17.5 Å². The van der Waals surface area contributed by atoms with Crippen LogP contribution in [0.15, 0.2) is 48.5 Å². The average Bonchev–Trinajstić information content (AvgIpc) is 3.02. The zero-order valence-corrected chi connectivity index (χ0v) is 15.7. The summed E-state index contributed by atoms with van der Waals surface area (Å²) in [6.45, 7) is 7.26. The normalized spacial score (nSPS) is 17.0. The fraction of sp³-hybridized carbons (Fsp3) is 0.364. The fourth-order valence-corrected chi connectivity index (χ4v) is 3.31. The van der Waals surface area contributed by atoms with Crippen LogP contribution in [0.2, 0.25) is 0 Å². The van der Waals surface area contributed by atoms with Gasteiger partial charge >= 0.3 is 0 Å². The molecule has 3 rings (SSSR count). The molecule has 2 amide bonds. The number of hydrogen-bond acceptors (Lipinski definition) is 2. The van der Waals surface area contributed by atoms with Crippen LogP contribution in [0.1, 0.15) is 42.9 Å². The molecule has 1 saturated heterocycles. The molecule has 2 aromatic rings. The van der Waals surface area contributed by atoms with Gasteiger partial charge in [0.2, 0.25) is 11.8 Å². The Hall–Kier alpha value is -2.62. The Labute approximate surface area is 155 Å². The smallest absolute Gasteiger partial charge is 0.227 e. The number of nitrogens with zero attached hydrogens (tertiary/aromatic N) is 1. The van der Waals surface area contributed by atoms with E-state index in [-0.39, 0.29) is 24.2 Å². The third-order valence-corrected chi connectivity index (χ3v) is 5.08. The minimum absolute atomic E-state index is 0.0124. The maximum Gasteiger partial charge on any atom is 0.227 e. The summed E-state index contributed by atoms with van der Waals surface area (Å²) in [7, 11) is 0. The van der Waals surface area contributed by atoms with E-state index in [1.54, 1.807) is 4.90 Å². The van der Waals surface area contributed by atoms with E-state index >= 15 is 0 Å².